The van der Waals surface area contributed by atoms with Crippen LogP contribution in [0.25, 0.3) is 6.08 Å². The van der Waals surface area contributed by atoms with E-state index in [1.165, 1.54) is 31.8 Å². The van der Waals surface area contributed by atoms with Gasteiger partial charge in [-0.15, -0.1) is 0 Å². The Bertz CT molecular complexity index is 1420. The Kier molecular flexibility index (Phi) is 17.2. The summed E-state index contributed by atoms with van der Waals surface area (Å²) in [6.45, 7) is 3.15. The van der Waals surface area contributed by atoms with E-state index in [0.29, 0.717) is 48.1 Å². The molecule has 0 heterocycles. The monoisotopic (exact) mass is 658 g/mol. The molecule has 9 heteroatoms. The fourth-order valence-corrected chi connectivity index (χ4v) is 4.94. The van der Waals surface area contributed by atoms with Crippen LogP contribution in [0.5, 0.6) is 17.2 Å². The van der Waals surface area contributed by atoms with Crippen molar-refractivity contribution in [3.05, 3.63) is 83.9 Å². The van der Waals surface area contributed by atoms with E-state index in [1.807, 2.05) is 24.3 Å². The van der Waals surface area contributed by atoms with E-state index in [9.17, 15) is 14.4 Å². The van der Waals surface area contributed by atoms with Gasteiger partial charge in [0.15, 0.2) is 0 Å². The van der Waals surface area contributed by atoms with Gasteiger partial charge in [-0.2, -0.15) is 0 Å². The third kappa shape index (κ3) is 15.7. The smallest absolute Gasteiger partial charge is 0.338 e. The van der Waals surface area contributed by atoms with E-state index in [0.717, 1.165) is 62.7 Å². The summed E-state index contributed by atoms with van der Waals surface area (Å²) in [4.78, 5) is 36.2. The van der Waals surface area contributed by atoms with Crippen LogP contribution in [0.4, 0.5) is 11.4 Å². The minimum atomic E-state index is -0.500. The number of unbranched alkanes of at least 4 members (excludes halogenated alkanes) is 10. The quantitative estimate of drug-likeness (QED) is 0.0356. The highest BCUT2D eigenvalue weighted by atomic mass is 16.5. The summed E-state index contributed by atoms with van der Waals surface area (Å²) in [5.41, 5.74) is 13.6. The van der Waals surface area contributed by atoms with E-state index >= 15 is 0 Å². The molecule has 0 bridgehead atoms. The summed E-state index contributed by atoms with van der Waals surface area (Å²) in [7, 11) is 0. The highest BCUT2D eigenvalue weighted by Crippen LogP contribution is 2.20. The van der Waals surface area contributed by atoms with Crippen molar-refractivity contribution in [2.24, 2.45) is 0 Å². The number of anilines is 2. The van der Waals surface area contributed by atoms with Crippen LogP contribution in [0, 0.1) is 0 Å². The fourth-order valence-electron chi connectivity index (χ4n) is 4.94. The Labute approximate surface area is 284 Å². The van der Waals surface area contributed by atoms with Crippen LogP contribution >= 0.6 is 0 Å². The van der Waals surface area contributed by atoms with Crippen molar-refractivity contribution in [2.45, 2.75) is 90.4 Å². The van der Waals surface area contributed by atoms with Gasteiger partial charge in [0, 0.05) is 23.9 Å². The average Bonchev–Trinajstić information content (AvgIpc) is 3.07. The number of benzene rings is 3. The van der Waals surface area contributed by atoms with E-state index in [1.54, 1.807) is 48.5 Å². The first-order chi connectivity index (χ1) is 23.3. The first-order valence-electron chi connectivity index (χ1n) is 17.1. The van der Waals surface area contributed by atoms with E-state index in [4.69, 9.17) is 30.4 Å². The lowest BCUT2D eigenvalue weighted by Gasteiger charge is -2.07. The molecule has 0 atom stereocenters. The van der Waals surface area contributed by atoms with Crippen LogP contribution in [0.2, 0.25) is 0 Å². The van der Waals surface area contributed by atoms with Gasteiger partial charge in [-0.05, 0) is 85.5 Å². The third-order valence-electron chi connectivity index (χ3n) is 7.55. The zero-order valence-corrected chi connectivity index (χ0v) is 28.1. The number of carbonyl (C=O) groups is 3. The second-order valence-electron chi connectivity index (χ2n) is 11.8. The highest BCUT2D eigenvalue weighted by molar-refractivity contribution is 5.91. The summed E-state index contributed by atoms with van der Waals surface area (Å²) in [6, 6.07) is 18.7. The lowest BCUT2D eigenvalue weighted by Crippen LogP contribution is -2.07. The van der Waals surface area contributed by atoms with Gasteiger partial charge in [0.25, 0.3) is 0 Å². The zero-order valence-electron chi connectivity index (χ0n) is 28.1. The van der Waals surface area contributed by atoms with Gasteiger partial charge in [0.2, 0.25) is 0 Å². The largest absolute Gasteiger partial charge is 0.494 e. The van der Waals surface area contributed by atoms with E-state index in [2.05, 4.69) is 6.92 Å². The van der Waals surface area contributed by atoms with Crippen molar-refractivity contribution < 1.29 is 33.3 Å². The summed E-state index contributed by atoms with van der Waals surface area (Å²) < 4.78 is 21.8. The number of nitrogens with two attached hydrogens (primary N) is 2. The molecule has 0 unspecified atom stereocenters. The van der Waals surface area contributed by atoms with Crippen LogP contribution in [0.15, 0.2) is 72.8 Å². The maximum Gasteiger partial charge on any atom is 0.338 e. The maximum atomic E-state index is 12.2. The van der Waals surface area contributed by atoms with Gasteiger partial charge in [-0.3, -0.25) is 4.79 Å². The van der Waals surface area contributed by atoms with Crippen LogP contribution in [-0.2, 0) is 14.3 Å². The molecular formula is C39H50N2O7. The van der Waals surface area contributed by atoms with Crippen LogP contribution in [0.3, 0.4) is 0 Å². The Hall–Kier alpha value is -4.79. The minimum absolute atomic E-state index is 0.263. The highest BCUT2D eigenvalue weighted by Gasteiger charge is 2.09. The molecule has 0 saturated carbocycles. The second-order valence-corrected chi connectivity index (χ2v) is 11.8. The molecular weight excluding hydrogens is 608 g/mol. The van der Waals surface area contributed by atoms with Gasteiger partial charge in [-0.25, -0.2) is 9.59 Å². The van der Waals surface area contributed by atoms with Crippen LogP contribution < -0.4 is 25.7 Å². The molecule has 0 radical (unpaired) electrons. The van der Waals surface area contributed by atoms with Gasteiger partial charge < -0.3 is 30.4 Å². The Morgan fingerprint density at radius 1 is 0.625 bits per heavy atom. The molecule has 0 fully saturated rings. The second kappa shape index (κ2) is 21.9. The minimum Gasteiger partial charge on any atom is -0.494 e. The van der Waals surface area contributed by atoms with Crippen LogP contribution in [0.1, 0.15) is 106 Å². The number of carbonyl (C=O) groups excluding carboxylic acids is 3. The maximum absolute atomic E-state index is 12.2. The summed E-state index contributed by atoms with van der Waals surface area (Å²) >= 11 is 0. The predicted octanol–water partition coefficient (Wildman–Crippen LogP) is 8.70. The lowest BCUT2D eigenvalue weighted by molar-refractivity contribution is -0.134. The molecule has 0 amide bonds. The number of hydrogen-bond donors (Lipinski definition) is 2. The van der Waals surface area contributed by atoms with Gasteiger partial charge in [0.1, 0.15) is 17.2 Å². The van der Waals surface area contributed by atoms with Gasteiger partial charge in [0.05, 0.1) is 18.8 Å². The molecule has 0 aliphatic carbocycles. The number of hydrogen-bond acceptors (Lipinski definition) is 9. The molecule has 258 valence electrons. The first-order valence-corrected chi connectivity index (χ1v) is 17.1. The molecule has 0 spiro atoms. The predicted molar refractivity (Wildman–Crippen MR) is 190 cm³/mol. The molecule has 0 aliphatic heterocycles. The van der Waals surface area contributed by atoms with E-state index < -0.39 is 5.97 Å². The lowest BCUT2D eigenvalue weighted by atomic mass is 10.1. The zero-order chi connectivity index (χ0) is 34.4. The van der Waals surface area contributed by atoms with Crippen molar-refractivity contribution in [2.75, 3.05) is 24.7 Å². The SMILES string of the molecule is CCCCCC(=O)Oc1ccc(OC(=O)/C=C/c2ccc(OCCCCCCCCCCCOC(=O)c3cc(N)cc(N)c3)cc2)cc1. The Balaban J connectivity index is 1.17. The molecule has 0 saturated heterocycles. The number of ether oxygens (including phenoxy) is 4. The molecule has 0 aromatic heterocycles. The van der Waals surface area contributed by atoms with Crippen molar-refractivity contribution in [1.82, 2.24) is 0 Å². The van der Waals surface area contributed by atoms with Crippen molar-refractivity contribution in [1.29, 1.82) is 0 Å². The molecule has 4 N–H and O–H groups in total. The van der Waals surface area contributed by atoms with Gasteiger partial charge in [-0.1, -0.05) is 76.8 Å². The number of nitrogen functional groups attached to an aromatic ring is 2. The Morgan fingerprint density at radius 2 is 1.17 bits per heavy atom. The number of rotatable bonds is 22. The van der Waals surface area contributed by atoms with E-state index in [-0.39, 0.29) is 11.9 Å². The molecule has 3 rings (SSSR count). The first kappa shape index (κ1) is 37.7. The fraction of sp³-hybridized carbons (Fsp3) is 0.410. The topological polar surface area (TPSA) is 140 Å². The summed E-state index contributed by atoms with van der Waals surface area (Å²) in [5.74, 6) is 0.440. The molecule has 3 aromatic rings. The molecule has 48 heavy (non-hydrogen) atoms. The number of esters is 3. The molecule has 9 nitrogen and oxygen atoms in total. The summed E-state index contributed by atoms with van der Waals surface area (Å²) in [5, 5.41) is 0. The van der Waals surface area contributed by atoms with Crippen molar-refractivity contribution in [3.63, 3.8) is 0 Å². The van der Waals surface area contributed by atoms with Crippen molar-refractivity contribution >= 4 is 35.4 Å². The van der Waals surface area contributed by atoms with Crippen LogP contribution in [-0.4, -0.2) is 31.1 Å². The standard InChI is InChI=1S/C39H50N2O7/c1-2-3-11-14-37(42)47-35-20-22-36(23-21-35)48-38(43)24-17-30-15-18-34(19-16-30)45-25-12-9-7-5-4-6-8-10-13-26-46-39(44)31-27-32(40)29-33(41)28-31/h15-24,27-29H,2-14,25-26,40-41H2,1H3/b24-17+. The van der Waals surface area contributed by atoms with Crippen molar-refractivity contribution in [3.8, 4) is 17.2 Å². The third-order valence-corrected chi connectivity index (χ3v) is 7.55. The van der Waals surface area contributed by atoms with Gasteiger partial charge >= 0.3 is 17.9 Å². The normalized spacial score (nSPS) is 10.9. The molecule has 0 aliphatic rings. The Morgan fingerprint density at radius 3 is 1.77 bits per heavy atom. The summed E-state index contributed by atoms with van der Waals surface area (Å²) in [6.07, 6.45) is 16.2. The average molecular weight is 659 g/mol. The molecule has 3 aromatic carbocycles.